The van der Waals surface area contributed by atoms with Crippen LogP contribution in [0.1, 0.15) is 17.3 Å². The molecule has 0 fully saturated rings. The van der Waals surface area contributed by atoms with Crippen molar-refractivity contribution in [3.05, 3.63) is 28.2 Å². The van der Waals surface area contributed by atoms with Crippen LogP contribution in [0.3, 0.4) is 0 Å². The first-order chi connectivity index (χ1) is 8.43. The number of ether oxygens (including phenoxy) is 1. The Bertz CT molecular complexity index is 421. The van der Waals surface area contributed by atoms with Gasteiger partial charge in [-0.2, -0.15) is 0 Å². The highest BCUT2D eigenvalue weighted by molar-refractivity contribution is 9.10. The standard InChI is InChI=1S/C13H19BrN2O2/c1-9(8-16(2)3)15-13(17)10-5-6-12(18-4)11(14)7-10/h5-7,9H,8H2,1-4H3,(H,15,17). The van der Waals surface area contributed by atoms with E-state index >= 15 is 0 Å². The van der Waals surface area contributed by atoms with Gasteiger partial charge in [0.25, 0.3) is 5.91 Å². The fourth-order valence-corrected chi connectivity index (χ4v) is 2.25. The molecular weight excluding hydrogens is 296 g/mol. The van der Waals surface area contributed by atoms with E-state index in [-0.39, 0.29) is 11.9 Å². The van der Waals surface area contributed by atoms with Crippen molar-refractivity contribution in [2.45, 2.75) is 13.0 Å². The van der Waals surface area contributed by atoms with Crippen molar-refractivity contribution in [3.8, 4) is 5.75 Å². The number of carbonyl (C=O) groups is 1. The number of benzene rings is 1. The maximum atomic E-state index is 12.0. The van der Waals surface area contributed by atoms with Crippen LogP contribution < -0.4 is 10.1 Å². The second-order valence-electron chi connectivity index (χ2n) is 4.49. The Morgan fingerprint density at radius 2 is 2.17 bits per heavy atom. The summed E-state index contributed by atoms with van der Waals surface area (Å²) in [5, 5.41) is 2.95. The number of amides is 1. The summed E-state index contributed by atoms with van der Waals surface area (Å²) < 4.78 is 5.90. The van der Waals surface area contributed by atoms with Gasteiger partial charge in [-0.05, 0) is 55.1 Å². The van der Waals surface area contributed by atoms with Gasteiger partial charge < -0.3 is 15.0 Å². The van der Waals surface area contributed by atoms with Gasteiger partial charge in [0.15, 0.2) is 0 Å². The van der Waals surface area contributed by atoms with Gasteiger partial charge in [0.2, 0.25) is 0 Å². The van der Waals surface area contributed by atoms with Gasteiger partial charge in [0.05, 0.1) is 11.6 Å². The molecule has 0 bridgehead atoms. The Balaban J connectivity index is 2.70. The van der Waals surface area contributed by atoms with Gasteiger partial charge >= 0.3 is 0 Å². The Kier molecular flexibility index (Phi) is 5.62. The van der Waals surface area contributed by atoms with Crippen LogP contribution in [0.2, 0.25) is 0 Å². The van der Waals surface area contributed by atoms with Gasteiger partial charge in [-0.1, -0.05) is 0 Å². The minimum atomic E-state index is -0.0762. The Morgan fingerprint density at radius 1 is 1.50 bits per heavy atom. The second kappa shape index (κ2) is 6.75. The highest BCUT2D eigenvalue weighted by atomic mass is 79.9. The van der Waals surface area contributed by atoms with E-state index < -0.39 is 0 Å². The van der Waals surface area contributed by atoms with E-state index in [1.54, 1.807) is 25.3 Å². The number of nitrogens with zero attached hydrogens (tertiary/aromatic N) is 1. The lowest BCUT2D eigenvalue weighted by atomic mass is 10.2. The zero-order valence-electron chi connectivity index (χ0n) is 11.2. The van der Waals surface area contributed by atoms with Crippen molar-refractivity contribution in [3.63, 3.8) is 0 Å². The van der Waals surface area contributed by atoms with Gasteiger partial charge in [0.1, 0.15) is 5.75 Å². The molecule has 1 unspecified atom stereocenters. The summed E-state index contributed by atoms with van der Waals surface area (Å²) in [6.07, 6.45) is 0. The number of hydrogen-bond acceptors (Lipinski definition) is 3. The molecule has 4 nitrogen and oxygen atoms in total. The molecule has 0 saturated heterocycles. The Hall–Kier alpha value is -1.07. The maximum Gasteiger partial charge on any atom is 0.251 e. The lowest BCUT2D eigenvalue weighted by Gasteiger charge is -2.18. The molecule has 0 aliphatic heterocycles. The lowest BCUT2D eigenvalue weighted by molar-refractivity contribution is 0.0934. The highest BCUT2D eigenvalue weighted by Crippen LogP contribution is 2.25. The number of carbonyl (C=O) groups excluding carboxylic acids is 1. The van der Waals surface area contributed by atoms with Gasteiger partial charge in [-0.15, -0.1) is 0 Å². The third-order valence-corrected chi connectivity index (χ3v) is 3.05. The fraction of sp³-hybridized carbons (Fsp3) is 0.462. The minimum Gasteiger partial charge on any atom is -0.496 e. The largest absolute Gasteiger partial charge is 0.496 e. The lowest BCUT2D eigenvalue weighted by Crippen LogP contribution is -2.39. The van der Waals surface area contributed by atoms with Crippen LogP contribution in [-0.2, 0) is 0 Å². The molecule has 18 heavy (non-hydrogen) atoms. The summed E-state index contributed by atoms with van der Waals surface area (Å²) >= 11 is 3.37. The number of halogens is 1. The smallest absolute Gasteiger partial charge is 0.251 e. The number of rotatable bonds is 5. The molecule has 0 aromatic heterocycles. The molecule has 1 amide bonds. The van der Waals surface area contributed by atoms with Crippen LogP contribution in [0.25, 0.3) is 0 Å². The topological polar surface area (TPSA) is 41.6 Å². The number of methoxy groups -OCH3 is 1. The first-order valence-corrected chi connectivity index (χ1v) is 6.52. The van der Waals surface area contributed by atoms with Crippen LogP contribution in [0.4, 0.5) is 0 Å². The van der Waals surface area contributed by atoms with E-state index in [1.165, 1.54) is 0 Å². The van der Waals surface area contributed by atoms with Crippen LogP contribution in [0, 0.1) is 0 Å². The SMILES string of the molecule is COc1ccc(C(=O)NC(C)CN(C)C)cc1Br. The molecule has 0 aliphatic rings. The van der Waals surface area contributed by atoms with Crippen molar-refractivity contribution in [2.75, 3.05) is 27.7 Å². The zero-order chi connectivity index (χ0) is 13.7. The maximum absolute atomic E-state index is 12.0. The monoisotopic (exact) mass is 314 g/mol. The molecule has 1 aromatic rings. The molecule has 1 atom stereocenters. The number of nitrogens with one attached hydrogen (secondary N) is 1. The van der Waals surface area contributed by atoms with Crippen molar-refractivity contribution >= 4 is 21.8 Å². The third-order valence-electron chi connectivity index (χ3n) is 2.43. The molecule has 1 aromatic carbocycles. The molecule has 0 saturated carbocycles. The average molecular weight is 315 g/mol. The first-order valence-electron chi connectivity index (χ1n) is 5.73. The fourth-order valence-electron chi connectivity index (χ4n) is 1.71. The van der Waals surface area contributed by atoms with Gasteiger partial charge in [0, 0.05) is 18.2 Å². The Labute approximate surface area is 116 Å². The summed E-state index contributed by atoms with van der Waals surface area (Å²) in [5.41, 5.74) is 0.619. The van der Waals surface area contributed by atoms with Crippen LogP contribution >= 0.6 is 15.9 Å². The molecule has 1 rings (SSSR count). The second-order valence-corrected chi connectivity index (χ2v) is 5.34. The molecule has 0 radical (unpaired) electrons. The third kappa shape index (κ3) is 4.31. The zero-order valence-corrected chi connectivity index (χ0v) is 12.7. The normalized spacial score (nSPS) is 12.3. The summed E-state index contributed by atoms with van der Waals surface area (Å²) in [7, 11) is 5.55. The van der Waals surface area contributed by atoms with Crippen molar-refractivity contribution < 1.29 is 9.53 Å². The summed E-state index contributed by atoms with van der Waals surface area (Å²) in [4.78, 5) is 14.0. The molecular formula is C13H19BrN2O2. The van der Waals surface area contributed by atoms with E-state index in [9.17, 15) is 4.79 Å². The van der Waals surface area contributed by atoms with Crippen LogP contribution in [0.15, 0.2) is 22.7 Å². The molecule has 1 N–H and O–H groups in total. The van der Waals surface area contributed by atoms with Gasteiger partial charge in [-0.25, -0.2) is 0 Å². The van der Waals surface area contributed by atoms with Crippen LogP contribution in [0.5, 0.6) is 5.75 Å². The average Bonchev–Trinajstić information content (AvgIpc) is 2.27. The molecule has 0 heterocycles. The van der Waals surface area contributed by atoms with Gasteiger partial charge in [-0.3, -0.25) is 4.79 Å². The number of hydrogen-bond donors (Lipinski definition) is 1. The molecule has 5 heteroatoms. The van der Waals surface area contributed by atoms with E-state index in [0.29, 0.717) is 11.3 Å². The first kappa shape index (κ1) is 15.0. The van der Waals surface area contributed by atoms with Crippen LogP contribution in [-0.4, -0.2) is 44.6 Å². The van der Waals surface area contributed by atoms with E-state index in [1.807, 2.05) is 25.9 Å². The predicted octanol–water partition coefficient (Wildman–Crippen LogP) is 2.14. The number of likely N-dealkylation sites (N-methyl/N-ethyl adjacent to an activating group) is 1. The quantitative estimate of drug-likeness (QED) is 0.905. The molecule has 0 spiro atoms. The van der Waals surface area contributed by atoms with E-state index in [4.69, 9.17) is 4.74 Å². The summed E-state index contributed by atoms with van der Waals surface area (Å²) in [5.74, 6) is 0.639. The predicted molar refractivity (Wildman–Crippen MR) is 76.2 cm³/mol. The Morgan fingerprint density at radius 3 is 2.67 bits per heavy atom. The van der Waals surface area contributed by atoms with E-state index in [0.717, 1.165) is 11.0 Å². The molecule has 0 aliphatic carbocycles. The molecule has 100 valence electrons. The van der Waals surface area contributed by atoms with Crippen molar-refractivity contribution in [1.29, 1.82) is 0 Å². The van der Waals surface area contributed by atoms with Crippen molar-refractivity contribution in [1.82, 2.24) is 10.2 Å². The van der Waals surface area contributed by atoms with Crippen molar-refractivity contribution in [2.24, 2.45) is 0 Å². The highest BCUT2D eigenvalue weighted by Gasteiger charge is 2.12. The summed E-state index contributed by atoms with van der Waals surface area (Å²) in [6.45, 7) is 2.79. The minimum absolute atomic E-state index is 0.0762. The van der Waals surface area contributed by atoms with E-state index in [2.05, 4.69) is 21.2 Å². The summed E-state index contributed by atoms with van der Waals surface area (Å²) in [6, 6.07) is 5.39.